The number of aromatic hydroxyl groups is 2. The van der Waals surface area contributed by atoms with E-state index in [9.17, 15) is 19.8 Å². The maximum Gasteiger partial charge on any atom is 0.306 e. The van der Waals surface area contributed by atoms with Crippen molar-refractivity contribution in [1.29, 1.82) is 0 Å². The van der Waals surface area contributed by atoms with Crippen LogP contribution in [0.5, 0.6) is 28.7 Å². The van der Waals surface area contributed by atoms with Gasteiger partial charge in [0, 0.05) is 18.2 Å². The van der Waals surface area contributed by atoms with Crippen molar-refractivity contribution in [1.82, 2.24) is 4.57 Å². The molecule has 2 aromatic carbocycles. The average Bonchev–Trinajstić information content (AvgIpc) is 3.32. The molecule has 0 spiro atoms. The van der Waals surface area contributed by atoms with E-state index in [4.69, 9.17) is 18.9 Å². The molecule has 35 heavy (non-hydrogen) atoms. The molecule has 3 aromatic rings. The molecule has 9 heteroatoms. The van der Waals surface area contributed by atoms with Crippen molar-refractivity contribution in [2.24, 2.45) is 0 Å². The number of carbonyl (C=O) groups is 1. The van der Waals surface area contributed by atoms with Gasteiger partial charge in [-0.05, 0) is 54.8 Å². The van der Waals surface area contributed by atoms with E-state index in [1.807, 2.05) is 0 Å². The van der Waals surface area contributed by atoms with Gasteiger partial charge in [-0.3, -0.25) is 9.59 Å². The number of benzene rings is 2. The van der Waals surface area contributed by atoms with Crippen LogP contribution >= 0.6 is 0 Å². The first-order valence-electron chi connectivity index (χ1n) is 11.1. The molecule has 0 radical (unpaired) electrons. The quantitative estimate of drug-likeness (QED) is 0.471. The summed E-state index contributed by atoms with van der Waals surface area (Å²) in [7, 11) is 2.75. The molecule has 1 aliphatic rings. The van der Waals surface area contributed by atoms with Crippen LogP contribution in [0.25, 0.3) is 0 Å². The second-order valence-electron chi connectivity index (χ2n) is 8.25. The van der Waals surface area contributed by atoms with Gasteiger partial charge in [0.15, 0.2) is 11.5 Å². The van der Waals surface area contributed by atoms with Crippen LogP contribution in [0.4, 0.5) is 0 Å². The van der Waals surface area contributed by atoms with Gasteiger partial charge >= 0.3 is 5.97 Å². The van der Waals surface area contributed by atoms with Gasteiger partial charge in [0.2, 0.25) is 12.5 Å². The van der Waals surface area contributed by atoms with E-state index in [1.165, 1.54) is 20.3 Å². The van der Waals surface area contributed by atoms with Crippen molar-refractivity contribution in [2.75, 3.05) is 21.0 Å². The van der Waals surface area contributed by atoms with Gasteiger partial charge in [-0.1, -0.05) is 12.1 Å². The smallest absolute Gasteiger partial charge is 0.306 e. The molecule has 0 saturated heterocycles. The normalized spacial score (nSPS) is 12.9. The van der Waals surface area contributed by atoms with Crippen LogP contribution in [0, 0.1) is 6.92 Å². The monoisotopic (exact) mass is 481 g/mol. The Morgan fingerprint density at radius 1 is 1.11 bits per heavy atom. The summed E-state index contributed by atoms with van der Waals surface area (Å²) in [6.45, 7) is 2.11. The standard InChI is InChI=1S/C26H27NO8/c1-15-10-20(29)24(26(31)27(15)9-8-16-4-6-18(28)7-5-16)19(13-23(30)33-3)17-11-21(32-2)25-22(12-17)34-14-35-25/h4-7,10-12,19,28-29H,8-9,13-14H2,1-3H3/t19-/m0/s1. The predicted octanol–water partition coefficient (Wildman–Crippen LogP) is 3.24. The van der Waals surface area contributed by atoms with Gasteiger partial charge < -0.3 is 33.7 Å². The van der Waals surface area contributed by atoms with E-state index in [0.29, 0.717) is 41.5 Å². The van der Waals surface area contributed by atoms with Gasteiger partial charge in [-0.25, -0.2) is 0 Å². The summed E-state index contributed by atoms with van der Waals surface area (Å²) < 4.78 is 22.9. The van der Waals surface area contributed by atoms with Crippen molar-refractivity contribution >= 4 is 5.97 Å². The zero-order valence-corrected chi connectivity index (χ0v) is 19.7. The van der Waals surface area contributed by atoms with Gasteiger partial charge in [-0.2, -0.15) is 0 Å². The molecule has 2 N–H and O–H groups in total. The molecule has 4 rings (SSSR count). The third-order valence-corrected chi connectivity index (χ3v) is 6.11. The largest absolute Gasteiger partial charge is 0.508 e. The Morgan fingerprint density at radius 3 is 2.54 bits per heavy atom. The maximum atomic E-state index is 13.7. The first-order chi connectivity index (χ1) is 16.8. The summed E-state index contributed by atoms with van der Waals surface area (Å²) in [6, 6.07) is 11.6. The number of rotatable bonds is 8. The predicted molar refractivity (Wildman–Crippen MR) is 127 cm³/mol. The van der Waals surface area contributed by atoms with Crippen LogP contribution in [-0.2, 0) is 22.5 Å². The summed E-state index contributed by atoms with van der Waals surface area (Å²) in [5.74, 6) is -0.150. The molecule has 1 aliphatic heterocycles. The molecule has 0 bridgehead atoms. The molecule has 1 atom stereocenters. The molecule has 1 aromatic heterocycles. The minimum absolute atomic E-state index is 0.0245. The summed E-state index contributed by atoms with van der Waals surface area (Å²) in [4.78, 5) is 26.0. The highest BCUT2D eigenvalue weighted by Crippen LogP contribution is 2.45. The van der Waals surface area contributed by atoms with Crippen LogP contribution < -0.4 is 19.8 Å². The fraction of sp³-hybridized carbons (Fsp3) is 0.308. The van der Waals surface area contributed by atoms with Gasteiger partial charge in [0.25, 0.3) is 5.56 Å². The van der Waals surface area contributed by atoms with E-state index in [2.05, 4.69) is 0 Å². The van der Waals surface area contributed by atoms with E-state index in [0.717, 1.165) is 5.56 Å². The van der Waals surface area contributed by atoms with Crippen molar-refractivity contribution in [3.8, 4) is 28.7 Å². The zero-order chi connectivity index (χ0) is 25.1. The Labute approximate surface area is 202 Å². The molecule has 2 heterocycles. The number of methoxy groups -OCH3 is 2. The second-order valence-corrected chi connectivity index (χ2v) is 8.25. The minimum atomic E-state index is -0.820. The first-order valence-corrected chi connectivity index (χ1v) is 11.1. The highest BCUT2D eigenvalue weighted by molar-refractivity contribution is 5.72. The third kappa shape index (κ3) is 4.89. The molecule has 0 amide bonds. The lowest BCUT2D eigenvalue weighted by molar-refractivity contribution is -0.140. The van der Waals surface area contributed by atoms with Gasteiger partial charge in [0.05, 0.1) is 26.2 Å². The average molecular weight is 482 g/mol. The number of esters is 1. The Morgan fingerprint density at radius 2 is 1.86 bits per heavy atom. The second kappa shape index (κ2) is 10.0. The Hall–Kier alpha value is -4.14. The number of fused-ring (bicyclic) bond motifs is 1. The lowest BCUT2D eigenvalue weighted by Gasteiger charge is -2.21. The SMILES string of the molecule is COC(=O)C[C@@H](c1cc(OC)c2c(c1)OCO2)c1c(O)cc(C)n(CCc2ccc(O)cc2)c1=O. The maximum absolute atomic E-state index is 13.7. The Bertz CT molecular complexity index is 1300. The molecule has 184 valence electrons. The highest BCUT2D eigenvalue weighted by atomic mass is 16.7. The van der Waals surface area contributed by atoms with Crippen molar-refractivity contribution in [2.45, 2.75) is 32.2 Å². The van der Waals surface area contributed by atoms with Crippen LogP contribution in [-0.4, -0.2) is 41.8 Å². The first kappa shape index (κ1) is 24.0. The lowest BCUT2D eigenvalue weighted by Crippen LogP contribution is -2.29. The molecule has 0 saturated carbocycles. The summed E-state index contributed by atoms with van der Waals surface area (Å²) >= 11 is 0. The highest BCUT2D eigenvalue weighted by Gasteiger charge is 2.30. The number of pyridine rings is 1. The molecule has 0 fully saturated rings. The number of hydrogen-bond acceptors (Lipinski definition) is 8. The minimum Gasteiger partial charge on any atom is -0.508 e. The van der Waals surface area contributed by atoms with E-state index in [-0.39, 0.29) is 30.3 Å². The molecular weight excluding hydrogens is 454 g/mol. The number of carbonyl (C=O) groups excluding carboxylic acids is 1. The number of ether oxygens (including phenoxy) is 4. The van der Waals surface area contributed by atoms with Crippen molar-refractivity contribution in [3.63, 3.8) is 0 Å². The third-order valence-electron chi connectivity index (χ3n) is 6.11. The van der Waals surface area contributed by atoms with Gasteiger partial charge in [0.1, 0.15) is 11.5 Å². The number of nitrogens with zero attached hydrogens (tertiary/aromatic N) is 1. The van der Waals surface area contributed by atoms with Crippen LogP contribution in [0.1, 0.15) is 34.7 Å². The summed E-state index contributed by atoms with van der Waals surface area (Å²) in [5.41, 5.74) is 1.72. The van der Waals surface area contributed by atoms with Gasteiger partial charge in [-0.15, -0.1) is 0 Å². The van der Waals surface area contributed by atoms with Crippen LogP contribution in [0.2, 0.25) is 0 Å². The van der Waals surface area contributed by atoms with Crippen LogP contribution in [0.3, 0.4) is 0 Å². The molecule has 0 aliphatic carbocycles. The molecular formula is C26H27NO8. The summed E-state index contributed by atoms with van der Waals surface area (Å²) in [6.07, 6.45) is 0.355. The number of phenolic OH excluding ortho intramolecular Hbond substituents is 1. The number of aryl methyl sites for hydroxylation is 2. The molecule has 0 unspecified atom stereocenters. The Balaban J connectivity index is 1.79. The number of hydrogen-bond donors (Lipinski definition) is 2. The topological polar surface area (TPSA) is 116 Å². The van der Waals surface area contributed by atoms with Crippen molar-refractivity contribution in [3.05, 3.63) is 75.2 Å². The van der Waals surface area contributed by atoms with E-state index in [1.54, 1.807) is 47.9 Å². The fourth-order valence-electron chi connectivity index (χ4n) is 4.27. The van der Waals surface area contributed by atoms with Crippen molar-refractivity contribution < 1.29 is 34.0 Å². The number of phenols is 1. The summed E-state index contributed by atoms with van der Waals surface area (Å²) in [5, 5.41) is 20.4. The molecule has 9 nitrogen and oxygen atoms in total. The Kier molecular flexibility index (Phi) is 6.86. The lowest BCUT2D eigenvalue weighted by atomic mass is 9.87. The van der Waals surface area contributed by atoms with E-state index >= 15 is 0 Å². The van der Waals surface area contributed by atoms with E-state index < -0.39 is 17.4 Å². The number of aromatic nitrogens is 1. The zero-order valence-electron chi connectivity index (χ0n) is 19.7. The van der Waals surface area contributed by atoms with Crippen LogP contribution in [0.15, 0.2) is 47.3 Å². The fourth-order valence-corrected chi connectivity index (χ4v) is 4.27.